The predicted molar refractivity (Wildman–Crippen MR) is 77.1 cm³/mol. The molecule has 7 heteroatoms. The first-order valence-electron chi connectivity index (χ1n) is 7.39. The highest BCUT2D eigenvalue weighted by Gasteiger charge is 2.39. The summed E-state index contributed by atoms with van der Waals surface area (Å²) in [5, 5.41) is 11.4. The molecule has 2 atom stereocenters. The fourth-order valence-corrected chi connectivity index (χ4v) is 3.41. The number of nitrogens with zero attached hydrogens (tertiary/aromatic N) is 4. The van der Waals surface area contributed by atoms with E-state index in [-0.39, 0.29) is 11.5 Å². The number of benzene rings is 1. The van der Waals surface area contributed by atoms with Gasteiger partial charge in [-0.3, -0.25) is 4.79 Å². The van der Waals surface area contributed by atoms with Crippen molar-refractivity contribution in [3.8, 4) is 5.69 Å². The Morgan fingerprint density at radius 3 is 2.55 bits per heavy atom. The number of amides is 1. The van der Waals surface area contributed by atoms with Gasteiger partial charge in [-0.05, 0) is 24.0 Å². The Bertz CT molecular complexity index is 690. The van der Waals surface area contributed by atoms with Crippen LogP contribution in [0.15, 0.2) is 30.6 Å². The molecule has 1 aromatic heterocycles. The molecule has 2 aromatic rings. The molecule has 4 rings (SSSR count). The molecule has 2 saturated heterocycles. The van der Waals surface area contributed by atoms with Crippen LogP contribution in [0.5, 0.6) is 0 Å². The molecule has 6 nitrogen and oxygen atoms in total. The number of hydrogen-bond donors (Lipinski definition) is 1. The lowest BCUT2D eigenvalue weighted by atomic mass is 10.0. The second kappa shape index (κ2) is 5.17. The average Bonchev–Trinajstić information content (AvgIpc) is 3.22. The summed E-state index contributed by atoms with van der Waals surface area (Å²) in [5.41, 5.74) is 0.428. The Kier molecular flexibility index (Phi) is 3.15. The molecule has 0 spiro atoms. The van der Waals surface area contributed by atoms with Crippen LogP contribution in [0, 0.1) is 17.7 Å². The van der Waals surface area contributed by atoms with Gasteiger partial charge in [0.05, 0.1) is 12.4 Å². The Morgan fingerprint density at radius 2 is 1.86 bits per heavy atom. The van der Waals surface area contributed by atoms with E-state index in [1.165, 1.54) is 23.3 Å². The molecule has 1 aromatic carbocycles. The summed E-state index contributed by atoms with van der Waals surface area (Å²) in [6, 6.07) is 4.53. The molecular formula is C15H16FN5O. The third kappa shape index (κ3) is 2.09. The van der Waals surface area contributed by atoms with Crippen LogP contribution in [-0.2, 0) is 0 Å². The molecule has 3 heterocycles. The number of nitrogens with one attached hydrogen (secondary N) is 1. The number of fused-ring (bicyclic) bond motifs is 1. The molecule has 0 unspecified atom stereocenters. The van der Waals surface area contributed by atoms with Crippen molar-refractivity contribution in [3.63, 3.8) is 0 Å². The fraction of sp³-hybridized carbons (Fsp3) is 0.400. The second-order valence-electron chi connectivity index (χ2n) is 5.84. The Balaban J connectivity index is 1.69. The van der Waals surface area contributed by atoms with Crippen molar-refractivity contribution < 1.29 is 9.18 Å². The molecule has 22 heavy (non-hydrogen) atoms. The smallest absolute Gasteiger partial charge is 0.259 e. The van der Waals surface area contributed by atoms with E-state index < -0.39 is 5.82 Å². The van der Waals surface area contributed by atoms with E-state index >= 15 is 0 Å². The number of likely N-dealkylation sites (tertiary alicyclic amines) is 1. The van der Waals surface area contributed by atoms with E-state index in [0.29, 0.717) is 30.6 Å². The predicted octanol–water partition coefficient (Wildman–Crippen LogP) is 0.698. The summed E-state index contributed by atoms with van der Waals surface area (Å²) in [6.07, 6.45) is 3.01. The number of carbonyl (C=O) groups excluding carboxylic acids is 1. The van der Waals surface area contributed by atoms with E-state index in [9.17, 15) is 9.18 Å². The number of carbonyl (C=O) groups is 1. The van der Waals surface area contributed by atoms with E-state index in [0.717, 1.165) is 13.1 Å². The normalized spacial score (nSPS) is 23.8. The fourth-order valence-electron chi connectivity index (χ4n) is 3.41. The van der Waals surface area contributed by atoms with Crippen LogP contribution in [0.25, 0.3) is 5.69 Å². The molecule has 2 aliphatic rings. The van der Waals surface area contributed by atoms with E-state index in [1.807, 2.05) is 0 Å². The number of hydrogen-bond acceptors (Lipinski definition) is 4. The van der Waals surface area contributed by atoms with Crippen LogP contribution in [-0.4, -0.2) is 52.0 Å². The van der Waals surface area contributed by atoms with Crippen molar-refractivity contribution in [3.05, 3.63) is 42.0 Å². The zero-order valence-electron chi connectivity index (χ0n) is 11.9. The number of rotatable bonds is 2. The third-order valence-corrected chi connectivity index (χ3v) is 4.52. The van der Waals surface area contributed by atoms with Crippen LogP contribution in [0.1, 0.15) is 10.4 Å². The van der Waals surface area contributed by atoms with E-state index in [1.54, 1.807) is 17.0 Å². The summed E-state index contributed by atoms with van der Waals surface area (Å²) >= 11 is 0. The molecule has 0 radical (unpaired) electrons. The van der Waals surface area contributed by atoms with Gasteiger partial charge in [0.15, 0.2) is 0 Å². The SMILES string of the molecule is O=C(c1c(F)cccc1-n1nccn1)N1C[C@H]2CNC[C@H]2C1. The van der Waals surface area contributed by atoms with Crippen LogP contribution < -0.4 is 5.32 Å². The average molecular weight is 301 g/mol. The molecular weight excluding hydrogens is 285 g/mol. The van der Waals surface area contributed by atoms with E-state index in [2.05, 4.69) is 15.5 Å². The van der Waals surface area contributed by atoms with Crippen LogP contribution in [0.4, 0.5) is 4.39 Å². The van der Waals surface area contributed by atoms with Crippen LogP contribution in [0.2, 0.25) is 0 Å². The molecule has 0 bridgehead atoms. The Hall–Kier alpha value is -2.28. The van der Waals surface area contributed by atoms with Gasteiger partial charge in [-0.2, -0.15) is 15.0 Å². The Morgan fingerprint density at radius 1 is 1.18 bits per heavy atom. The highest BCUT2D eigenvalue weighted by atomic mass is 19.1. The maximum atomic E-state index is 14.3. The van der Waals surface area contributed by atoms with Gasteiger partial charge in [-0.25, -0.2) is 4.39 Å². The number of aromatic nitrogens is 3. The van der Waals surface area contributed by atoms with Gasteiger partial charge < -0.3 is 10.2 Å². The number of halogens is 1. The molecule has 2 aliphatic heterocycles. The maximum Gasteiger partial charge on any atom is 0.259 e. The van der Waals surface area contributed by atoms with Crippen molar-refractivity contribution in [2.24, 2.45) is 11.8 Å². The molecule has 1 amide bonds. The summed E-state index contributed by atoms with van der Waals surface area (Å²) in [4.78, 5) is 15.8. The van der Waals surface area contributed by atoms with E-state index in [4.69, 9.17) is 0 Å². The van der Waals surface area contributed by atoms with Crippen molar-refractivity contribution in [2.45, 2.75) is 0 Å². The minimum atomic E-state index is -0.532. The molecule has 0 saturated carbocycles. The zero-order chi connectivity index (χ0) is 15.1. The molecule has 1 N–H and O–H groups in total. The lowest BCUT2D eigenvalue weighted by molar-refractivity contribution is 0.0776. The lowest BCUT2D eigenvalue weighted by Crippen LogP contribution is -2.33. The van der Waals surface area contributed by atoms with Gasteiger partial charge in [-0.1, -0.05) is 6.07 Å². The maximum absolute atomic E-state index is 14.3. The van der Waals surface area contributed by atoms with Crippen molar-refractivity contribution in [2.75, 3.05) is 26.2 Å². The minimum absolute atomic E-state index is 0.0478. The molecule has 2 fully saturated rings. The summed E-state index contributed by atoms with van der Waals surface area (Å²) in [5.74, 6) is 0.138. The Labute approximate surface area is 126 Å². The van der Waals surface area contributed by atoms with Gasteiger partial charge >= 0.3 is 0 Å². The van der Waals surface area contributed by atoms with Gasteiger partial charge in [0, 0.05) is 26.2 Å². The summed E-state index contributed by atoms with van der Waals surface area (Å²) < 4.78 is 14.3. The van der Waals surface area contributed by atoms with Crippen LogP contribution >= 0.6 is 0 Å². The first-order valence-corrected chi connectivity index (χ1v) is 7.39. The monoisotopic (exact) mass is 301 g/mol. The standard InChI is InChI=1S/C15H16FN5O/c16-12-2-1-3-13(21-18-4-5-19-21)14(12)15(22)20-8-10-6-17-7-11(10)9-20/h1-5,10-11,17H,6-9H2/t10-,11+. The van der Waals surface area contributed by atoms with Crippen molar-refractivity contribution in [1.82, 2.24) is 25.2 Å². The highest BCUT2D eigenvalue weighted by Crippen LogP contribution is 2.29. The van der Waals surface area contributed by atoms with Gasteiger partial charge in [0.1, 0.15) is 17.1 Å². The third-order valence-electron chi connectivity index (χ3n) is 4.52. The quantitative estimate of drug-likeness (QED) is 0.887. The molecule has 114 valence electrons. The van der Waals surface area contributed by atoms with Gasteiger partial charge in [0.2, 0.25) is 0 Å². The van der Waals surface area contributed by atoms with Crippen molar-refractivity contribution in [1.29, 1.82) is 0 Å². The zero-order valence-corrected chi connectivity index (χ0v) is 11.9. The second-order valence-corrected chi connectivity index (χ2v) is 5.84. The highest BCUT2D eigenvalue weighted by molar-refractivity contribution is 5.98. The molecule has 0 aliphatic carbocycles. The summed E-state index contributed by atoms with van der Waals surface area (Å²) in [6.45, 7) is 3.21. The minimum Gasteiger partial charge on any atom is -0.338 e. The van der Waals surface area contributed by atoms with Gasteiger partial charge in [0.25, 0.3) is 5.91 Å². The van der Waals surface area contributed by atoms with Gasteiger partial charge in [-0.15, -0.1) is 0 Å². The largest absolute Gasteiger partial charge is 0.338 e. The summed E-state index contributed by atoms with van der Waals surface area (Å²) in [7, 11) is 0. The van der Waals surface area contributed by atoms with Crippen molar-refractivity contribution >= 4 is 5.91 Å². The first kappa shape index (κ1) is 13.4. The van der Waals surface area contributed by atoms with Crippen LogP contribution in [0.3, 0.4) is 0 Å². The topological polar surface area (TPSA) is 63.1 Å². The first-order chi connectivity index (χ1) is 10.7. The lowest BCUT2D eigenvalue weighted by Gasteiger charge is -2.19.